The zero-order chi connectivity index (χ0) is 22.5. The summed E-state index contributed by atoms with van der Waals surface area (Å²) in [5.74, 6) is -0.831. The first-order valence-electron chi connectivity index (χ1n) is 9.37. The summed E-state index contributed by atoms with van der Waals surface area (Å²) < 4.78 is 0.921. The topological polar surface area (TPSA) is 82.0 Å². The SMILES string of the molecule is CC(=O)C1=C(C)NC(SCC(=O)Nc2ccc(Br)cc2)=C(C#N)C1c1ccccc1Cl. The molecule has 2 N–H and O–H groups in total. The van der Waals surface area contributed by atoms with Gasteiger partial charge in [-0.25, -0.2) is 0 Å². The highest BCUT2D eigenvalue weighted by Crippen LogP contribution is 2.42. The highest BCUT2D eigenvalue weighted by molar-refractivity contribution is 9.10. The maximum absolute atomic E-state index is 12.4. The molecule has 0 fully saturated rings. The zero-order valence-electron chi connectivity index (χ0n) is 16.8. The van der Waals surface area contributed by atoms with Crippen molar-refractivity contribution in [2.45, 2.75) is 19.8 Å². The predicted octanol–water partition coefficient (Wildman–Crippen LogP) is 5.76. The van der Waals surface area contributed by atoms with Gasteiger partial charge in [0.25, 0.3) is 0 Å². The van der Waals surface area contributed by atoms with Gasteiger partial charge >= 0.3 is 0 Å². The summed E-state index contributed by atoms with van der Waals surface area (Å²) >= 11 is 11.0. The Labute approximate surface area is 198 Å². The summed E-state index contributed by atoms with van der Waals surface area (Å²) in [6.07, 6.45) is 0. The Hall–Kier alpha value is -2.53. The van der Waals surface area contributed by atoms with Crippen LogP contribution in [-0.4, -0.2) is 17.4 Å². The van der Waals surface area contributed by atoms with E-state index in [0.29, 0.717) is 38.1 Å². The van der Waals surface area contributed by atoms with E-state index < -0.39 is 5.92 Å². The third-order valence-corrected chi connectivity index (χ3v) is 6.61. The van der Waals surface area contributed by atoms with Gasteiger partial charge in [0.1, 0.15) is 0 Å². The fourth-order valence-corrected chi connectivity index (χ4v) is 4.78. The predicted molar refractivity (Wildman–Crippen MR) is 129 cm³/mol. The number of thioether (sulfide) groups is 1. The average molecular weight is 517 g/mol. The molecule has 5 nitrogen and oxygen atoms in total. The number of nitriles is 1. The first-order valence-corrected chi connectivity index (χ1v) is 11.5. The molecule has 1 aliphatic heterocycles. The highest BCUT2D eigenvalue weighted by atomic mass is 79.9. The number of hydrogen-bond acceptors (Lipinski definition) is 5. The van der Waals surface area contributed by atoms with E-state index in [1.165, 1.54) is 18.7 Å². The molecule has 0 saturated heterocycles. The summed E-state index contributed by atoms with van der Waals surface area (Å²) in [6, 6.07) is 16.7. The van der Waals surface area contributed by atoms with E-state index in [1.807, 2.05) is 24.3 Å². The number of ketones is 1. The van der Waals surface area contributed by atoms with E-state index in [2.05, 4.69) is 32.6 Å². The van der Waals surface area contributed by atoms with Crippen LogP contribution in [0.25, 0.3) is 0 Å². The fraction of sp³-hybridized carbons (Fsp3) is 0.174. The van der Waals surface area contributed by atoms with E-state index in [-0.39, 0.29) is 17.4 Å². The molecule has 2 aromatic rings. The number of halogens is 2. The number of Topliss-reactive ketones (excluding diaryl/α,β-unsaturated/α-hetero) is 1. The number of carbonyl (C=O) groups excluding carboxylic acids is 2. The fourth-order valence-electron chi connectivity index (χ4n) is 3.38. The van der Waals surface area contributed by atoms with Crippen molar-refractivity contribution in [3.63, 3.8) is 0 Å². The van der Waals surface area contributed by atoms with Crippen molar-refractivity contribution in [1.29, 1.82) is 5.26 Å². The highest BCUT2D eigenvalue weighted by Gasteiger charge is 2.34. The molecule has 1 aliphatic rings. The maximum Gasteiger partial charge on any atom is 0.234 e. The first-order chi connectivity index (χ1) is 14.8. The Bertz CT molecular complexity index is 1140. The van der Waals surface area contributed by atoms with Crippen LogP contribution in [0.3, 0.4) is 0 Å². The van der Waals surface area contributed by atoms with Gasteiger partial charge in [0.2, 0.25) is 5.91 Å². The summed E-state index contributed by atoms with van der Waals surface area (Å²) in [6.45, 7) is 3.26. The molecule has 0 radical (unpaired) electrons. The Morgan fingerprint density at radius 1 is 1.23 bits per heavy atom. The second-order valence-electron chi connectivity index (χ2n) is 6.87. The minimum atomic E-state index is -0.588. The Balaban J connectivity index is 1.88. The number of benzene rings is 2. The molecule has 2 aromatic carbocycles. The van der Waals surface area contributed by atoms with Crippen molar-refractivity contribution in [3.8, 4) is 6.07 Å². The molecule has 0 saturated carbocycles. The van der Waals surface area contributed by atoms with E-state index >= 15 is 0 Å². The maximum atomic E-state index is 12.4. The quantitative estimate of drug-likeness (QED) is 0.510. The number of nitrogens with one attached hydrogen (secondary N) is 2. The molecular formula is C23H19BrClN3O2S. The molecule has 3 rings (SSSR count). The molecule has 1 unspecified atom stereocenters. The molecule has 0 aromatic heterocycles. The van der Waals surface area contributed by atoms with Gasteiger partial charge in [0.05, 0.1) is 28.3 Å². The number of hydrogen-bond donors (Lipinski definition) is 2. The lowest BCUT2D eigenvalue weighted by atomic mass is 9.81. The van der Waals surface area contributed by atoms with Gasteiger partial charge in [0, 0.05) is 26.5 Å². The number of carbonyl (C=O) groups is 2. The van der Waals surface area contributed by atoms with Gasteiger partial charge in [-0.2, -0.15) is 5.26 Å². The zero-order valence-corrected chi connectivity index (χ0v) is 20.0. The molecular weight excluding hydrogens is 498 g/mol. The van der Waals surface area contributed by atoms with Gasteiger partial charge < -0.3 is 10.6 Å². The molecule has 1 amide bonds. The molecule has 0 spiro atoms. The minimum absolute atomic E-state index is 0.0987. The monoisotopic (exact) mass is 515 g/mol. The number of allylic oxidation sites excluding steroid dienone is 3. The second kappa shape index (κ2) is 10.2. The molecule has 0 bridgehead atoms. The lowest BCUT2D eigenvalue weighted by Gasteiger charge is -2.29. The second-order valence-corrected chi connectivity index (χ2v) is 9.18. The number of amides is 1. The summed E-state index contributed by atoms with van der Waals surface area (Å²) in [4.78, 5) is 24.8. The molecule has 1 heterocycles. The van der Waals surface area contributed by atoms with Crippen LogP contribution in [-0.2, 0) is 9.59 Å². The largest absolute Gasteiger partial charge is 0.353 e. The van der Waals surface area contributed by atoms with Crippen molar-refractivity contribution >= 4 is 56.7 Å². The Morgan fingerprint density at radius 2 is 1.90 bits per heavy atom. The molecule has 8 heteroatoms. The van der Waals surface area contributed by atoms with Gasteiger partial charge in [0.15, 0.2) is 5.78 Å². The number of dihydropyridines is 1. The summed E-state index contributed by atoms with van der Waals surface area (Å²) in [5.41, 5.74) is 2.87. The van der Waals surface area contributed by atoms with Crippen LogP contribution in [0.2, 0.25) is 5.02 Å². The van der Waals surface area contributed by atoms with Crippen LogP contribution in [0.1, 0.15) is 25.3 Å². The van der Waals surface area contributed by atoms with Crippen LogP contribution in [0.4, 0.5) is 5.69 Å². The van der Waals surface area contributed by atoms with E-state index in [0.717, 1.165) is 4.47 Å². The molecule has 0 aliphatic carbocycles. The Kier molecular flexibility index (Phi) is 7.60. The lowest BCUT2D eigenvalue weighted by Crippen LogP contribution is -2.28. The van der Waals surface area contributed by atoms with Crippen molar-refractivity contribution in [2.24, 2.45) is 0 Å². The standard InChI is InChI=1S/C23H19BrClN3O2S/c1-13-21(14(2)29)22(17-5-3-4-6-19(17)25)18(11-26)23(27-13)31-12-20(30)28-16-9-7-15(24)8-10-16/h3-10,22,27H,12H2,1-2H3,(H,28,30). The summed E-state index contributed by atoms with van der Waals surface area (Å²) in [7, 11) is 0. The average Bonchev–Trinajstić information content (AvgIpc) is 2.73. The normalized spacial score (nSPS) is 15.9. The van der Waals surface area contributed by atoms with Gasteiger partial charge in [-0.05, 0) is 49.7 Å². The smallest absolute Gasteiger partial charge is 0.234 e. The third kappa shape index (κ3) is 5.40. The van der Waals surface area contributed by atoms with Crippen LogP contribution in [0, 0.1) is 11.3 Å². The third-order valence-electron chi connectivity index (χ3n) is 4.72. The summed E-state index contributed by atoms with van der Waals surface area (Å²) in [5, 5.41) is 16.9. The van der Waals surface area contributed by atoms with Crippen LogP contribution in [0.15, 0.2) is 74.9 Å². The van der Waals surface area contributed by atoms with Crippen molar-refractivity contribution in [3.05, 3.63) is 85.5 Å². The van der Waals surface area contributed by atoms with E-state index in [1.54, 1.807) is 31.2 Å². The Morgan fingerprint density at radius 3 is 2.52 bits per heavy atom. The molecule has 158 valence electrons. The number of anilines is 1. The van der Waals surface area contributed by atoms with Crippen LogP contribution >= 0.6 is 39.3 Å². The van der Waals surface area contributed by atoms with Crippen LogP contribution in [0.5, 0.6) is 0 Å². The number of rotatable bonds is 6. The van der Waals surface area contributed by atoms with Gasteiger partial charge in [-0.3, -0.25) is 9.59 Å². The molecule has 1 atom stereocenters. The van der Waals surface area contributed by atoms with E-state index in [9.17, 15) is 14.9 Å². The lowest BCUT2D eigenvalue weighted by molar-refractivity contribution is -0.114. The number of nitrogens with zero attached hydrogens (tertiary/aromatic N) is 1. The van der Waals surface area contributed by atoms with Crippen molar-refractivity contribution < 1.29 is 9.59 Å². The van der Waals surface area contributed by atoms with E-state index in [4.69, 9.17) is 11.6 Å². The van der Waals surface area contributed by atoms with Gasteiger partial charge in [-0.1, -0.05) is 57.5 Å². The first kappa shape index (κ1) is 23.1. The molecule has 31 heavy (non-hydrogen) atoms. The van der Waals surface area contributed by atoms with Crippen molar-refractivity contribution in [2.75, 3.05) is 11.1 Å². The van der Waals surface area contributed by atoms with Gasteiger partial charge in [-0.15, -0.1) is 0 Å². The minimum Gasteiger partial charge on any atom is -0.353 e. The van der Waals surface area contributed by atoms with Crippen molar-refractivity contribution in [1.82, 2.24) is 5.32 Å². The van der Waals surface area contributed by atoms with Crippen LogP contribution < -0.4 is 10.6 Å².